The third kappa shape index (κ3) is 6.08. The predicted molar refractivity (Wildman–Crippen MR) is 125 cm³/mol. The molecule has 168 valence electrons. The molecule has 6 nitrogen and oxygen atoms in total. The minimum Gasteiger partial charge on any atom is -0.352 e. The van der Waals surface area contributed by atoms with Crippen LogP contribution >= 0.6 is 0 Å². The van der Waals surface area contributed by atoms with Gasteiger partial charge >= 0.3 is 0 Å². The lowest BCUT2D eigenvalue weighted by molar-refractivity contribution is 0.0947. The van der Waals surface area contributed by atoms with Crippen molar-refractivity contribution in [1.82, 2.24) is 10.2 Å². The van der Waals surface area contributed by atoms with Crippen LogP contribution in [0.5, 0.6) is 0 Å². The molecule has 0 aromatic heterocycles. The number of carbonyl (C=O) groups excluding carboxylic acids is 1. The van der Waals surface area contributed by atoms with E-state index in [1.54, 1.807) is 36.4 Å². The molecule has 0 spiro atoms. The summed E-state index contributed by atoms with van der Waals surface area (Å²) in [5, 5.41) is 2.93. The number of carbonyl (C=O) groups is 1. The van der Waals surface area contributed by atoms with E-state index in [1.165, 1.54) is 29.9 Å². The van der Waals surface area contributed by atoms with Crippen LogP contribution in [-0.4, -0.2) is 52.5 Å². The first kappa shape index (κ1) is 23.3. The highest BCUT2D eigenvalue weighted by molar-refractivity contribution is 7.92. The Kier molecular flexibility index (Phi) is 7.73. The molecule has 31 heavy (non-hydrogen) atoms. The van der Waals surface area contributed by atoms with E-state index in [0.717, 1.165) is 37.9 Å². The lowest BCUT2D eigenvalue weighted by Gasteiger charge is -2.34. The molecule has 1 N–H and O–H groups in total. The topological polar surface area (TPSA) is 69.7 Å². The first-order valence-electron chi connectivity index (χ1n) is 10.9. The van der Waals surface area contributed by atoms with Crippen LogP contribution in [0.4, 0.5) is 5.69 Å². The second-order valence-electron chi connectivity index (χ2n) is 8.65. The molecule has 2 atom stereocenters. The number of likely N-dealkylation sites (tertiary alicyclic amines) is 1. The molecular weight excluding hydrogens is 410 g/mol. The van der Waals surface area contributed by atoms with Crippen molar-refractivity contribution < 1.29 is 13.2 Å². The maximum absolute atomic E-state index is 13.0. The van der Waals surface area contributed by atoms with Gasteiger partial charge in [0, 0.05) is 32.2 Å². The standard InChI is InChI=1S/C24H33N3O3S/c1-19-15-20(2)18-27(17-19)14-8-13-25-24(28)21-9-7-12-23(16-21)31(29,30)26(3)22-10-5-4-6-11-22/h4-7,9-12,16,19-20H,8,13-15,17-18H2,1-3H3,(H,25,28)/t19-,20-/m1/s1. The molecular formula is C24H33N3O3S. The van der Waals surface area contributed by atoms with E-state index in [0.29, 0.717) is 17.8 Å². The van der Waals surface area contributed by atoms with Gasteiger partial charge in [0.25, 0.3) is 15.9 Å². The van der Waals surface area contributed by atoms with Gasteiger partial charge in [0.15, 0.2) is 0 Å². The average Bonchev–Trinajstić information content (AvgIpc) is 2.76. The Bertz CT molecular complexity index is 969. The number of nitrogens with zero attached hydrogens (tertiary/aromatic N) is 2. The number of hydrogen-bond acceptors (Lipinski definition) is 4. The third-order valence-electron chi connectivity index (χ3n) is 5.76. The monoisotopic (exact) mass is 443 g/mol. The molecule has 1 fully saturated rings. The first-order valence-corrected chi connectivity index (χ1v) is 12.4. The maximum Gasteiger partial charge on any atom is 0.264 e. The van der Waals surface area contributed by atoms with Gasteiger partial charge in [-0.05, 0) is 61.6 Å². The Morgan fingerprint density at radius 1 is 1.06 bits per heavy atom. The van der Waals surface area contributed by atoms with Crippen molar-refractivity contribution in [3.05, 3.63) is 60.2 Å². The van der Waals surface area contributed by atoms with Crippen molar-refractivity contribution in [2.75, 3.05) is 37.5 Å². The number of amides is 1. The molecule has 0 saturated carbocycles. The van der Waals surface area contributed by atoms with E-state index in [-0.39, 0.29) is 10.8 Å². The molecule has 2 aromatic rings. The molecule has 0 aliphatic carbocycles. The Morgan fingerprint density at radius 3 is 2.42 bits per heavy atom. The SMILES string of the molecule is C[C@@H]1C[C@@H](C)CN(CCCNC(=O)c2cccc(S(=O)(=O)N(C)c3ccccc3)c2)C1. The van der Waals surface area contributed by atoms with Gasteiger partial charge in [-0.15, -0.1) is 0 Å². The number of anilines is 1. The third-order valence-corrected chi connectivity index (χ3v) is 7.54. The zero-order valence-corrected chi connectivity index (χ0v) is 19.4. The number of rotatable bonds is 8. The van der Waals surface area contributed by atoms with Gasteiger partial charge in [-0.2, -0.15) is 0 Å². The minimum absolute atomic E-state index is 0.0998. The summed E-state index contributed by atoms with van der Waals surface area (Å²) in [7, 11) is -2.24. The number of piperidine rings is 1. The number of para-hydroxylation sites is 1. The summed E-state index contributed by atoms with van der Waals surface area (Å²) in [6.45, 7) is 8.35. The minimum atomic E-state index is -3.75. The van der Waals surface area contributed by atoms with E-state index >= 15 is 0 Å². The zero-order valence-electron chi connectivity index (χ0n) is 18.6. The van der Waals surface area contributed by atoms with Crippen LogP contribution < -0.4 is 9.62 Å². The number of sulfonamides is 1. The lowest BCUT2D eigenvalue weighted by atomic mass is 9.92. The van der Waals surface area contributed by atoms with Gasteiger partial charge in [0.2, 0.25) is 0 Å². The summed E-state index contributed by atoms with van der Waals surface area (Å²) >= 11 is 0. The molecule has 7 heteroatoms. The summed E-state index contributed by atoms with van der Waals surface area (Å²) in [5.74, 6) is 1.19. The summed E-state index contributed by atoms with van der Waals surface area (Å²) in [6, 6.07) is 15.1. The van der Waals surface area contributed by atoms with Crippen LogP contribution in [0.2, 0.25) is 0 Å². The second-order valence-corrected chi connectivity index (χ2v) is 10.6. The van der Waals surface area contributed by atoms with Gasteiger partial charge in [-0.3, -0.25) is 9.10 Å². The molecule has 1 saturated heterocycles. The molecule has 2 aromatic carbocycles. The Balaban J connectivity index is 1.57. The van der Waals surface area contributed by atoms with Crippen molar-refractivity contribution >= 4 is 21.6 Å². The molecule has 1 aliphatic rings. The molecule has 1 aliphatic heterocycles. The molecule has 1 heterocycles. The van der Waals surface area contributed by atoms with E-state index in [1.807, 2.05) is 6.07 Å². The fourth-order valence-corrected chi connectivity index (χ4v) is 5.56. The summed E-state index contributed by atoms with van der Waals surface area (Å²) < 4.78 is 27.2. The van der Waals surface area contributed by atoms with Gasteiger partial charge in [0.05, 0.1) is 10.6 Å². The fourth-order valence-electron chi connectivity index (χ4n) is 4.31. The van der Waals surface area contributed by atoms with E-state index in [4.69, 9.17) is 0 Å². The quantitative estimate of drug-likeness (QED) is 0.633. The van der Waals surface area contributed by atoms with Gasteiger partial charge in [0.1, 0.15) is 0 Å². The predicted octanol–water partition coefficient (Wildman–Crippen LogP) is 3.61. The number of benzene rings is 2. The van der Waals surface area contributed by atoms with Crippen LogP contribution in [0.1, 0.15) is 37.0 Å². The van der Waals surface area contributed by atoms with Crippen LogP contribution in [0.25, 0.3) is 0 Å². The Hall–Kier alpha value is -2.38. The van der Waals surface area contributed by atoms with Gasteiger partial charge in [-0.1, -0.05) is 38.1 Å². The second kappa shape index (κ2) is 10.3. The maximum atomic E-state index is 13.0. The molecule has 3 rings (SSSR count). The van der Waals surface area contributed by atoms with E-state index < -0.39 is 10.0 Å². The lowest BCUT2D eigenvalue weighted by Crippen LogP contribution is -2.40. The largest absolute Gasteiger partial charge is 0.352 e. The average molecular weight is 444 g/mol. The summed E-state index contributed by atoms with van der Waals surface area (Å²) in [4.78, 5) is 15.2. The molecule has 1 amide bonds. The number of hydrogen-bond donors (Lipinski definition) is 1. The van der Waals surface area contributed by atoms with Crippen LogP contribution in [-0.2, 0) is 10.0 Å². The fraction of sp³-hybridized carbons (Fsp3) is 0.458. The highest BCUT2D eigenvalue weighted by atomic mass is 32.2. The van der Waals surface area contributed by atoms with Crippen molar-refractivity contribution in [3.63, 3.8) is 0 Å². The molecule has 0 radical (unpaired) electrons. The highest BCUT2D eigenvalue weighted by Gasteiger charge is 2.23. The summed E-state index contributed by atoms with van der Waals surface area (Å²) in [5.41, 5.74) is 0.918. The molecule has 0 bridgehead atoms. The van der Waals surface area contributed by atoms with Crippen LogP contribution in [0.15, 0.2) is 59.5 Å². The van der Waals surface area contributed by atoms with E-state index in [9.17, 15) is 13.2 Å². The van der Waals surface area contributed by atoms with Crippen LogP contribution in [0, 0.1) is 11.8 Å². The van der Waals surface area contributed by atoms with Crippen molar-refractivity contribution in [3.8, 4) is 0 Å². The smallest absolute Gasteiger partial charge is 0.264 e. The van der Waals surface area contributed by atoms with Crippen LogP contribution in [0.3, 0.4) is 0 Å². The van der Waals surface area contributed by atoms with Gasteiger partial charge < -0.3 is 10.2 Å². The normalized spacial score (nSPS) is 19.7. The zero-order chi connectivity index (χ0) is 22.4. The highest BCUT2D eigenvalue weighted by Crippen LogP contribution is 2.23. The Morgan fingerprint density at radius 2 is 1.74 bits per heavy atom. The summed E-state index contributed by atoms with van der Waals surface area (Å²) in [6.07, 6.45) is 2.16. The van der Waals surface area contributed by atoms with Crippen molar-refractivity contribution in [2.24, 2.45) is 11.8 Å². The first-order chi connectivity index (χ1) is 14.8. The molecule has 0 unspecified atom stereocenters. The number of nitrogens with one attached hydrogen (secondary N) is 1. The Labute approximate surface area is 186 Å². The van der Waals surface area contributed by atoms with Gasteiger partial charge in [-0.25, -0.2) is 8.42 Å². The van der Waals surface area contributed by atoms with Crippen molar-refractivity contribution in [2.45, 2.75) is 31.6 Å². The van der Waals surface area contributed by atoms with E-state index in [2.05, 4.69) is 24.1 Å². The van der Waals surface area contributed by atoms with Crippen molar-refractivity contribution in [1.29, 1.82) is 0 Å².